The number of hydrogen-bond acceptors (Lipinski definition) is 3. The molecule has 0 fully saturated rings. The predicted octanol–water partition coefficient (Wildman–Crippen LogP) is 2.50. The van der Waals surface area contributed by atoms with Gasteiger partial charge in [-0.05, 0) is 0 Å². The SMILES string of the molecule is Oc1cnc(-c2ccccc2)nc1Cl. The Morgan fingerprint density at radius 3 is 2.50 bits per heavy atom. The molecule has 1 aromatic carbocycles. The van der Waals surface area contributed by atoms with Gasteiger partial charge >= 0.3 is 0 Å². The summed E-state index contributed by atoms with van der Waals surface area (Å²) in [6.45, 7) is 0. The van der Waals surface area contributed by atoms with E-state index in [1.165, 1.54) is 6.20 Å². The lowest BCUT2D eigenvalue weighted by Gasteiger charge is -2.00. The van der Waals surface area contributed by atoms with Gasteiger partial charge in [-0.1, -0.05) is 41.9 Å². The first-order chi connectivity index (χ1) is 6.77. The van der Waals surface area contributed by atoms with Crippen molar-refractivity contribution >= 4 is 11.6 Å². The Labute approximate surface area is 86.0 Å². The summed E-state index contributed by atoms with van der Waals surface area (Å²) in [5.74, 6) is 0.403. The van der Waals surface area contributed by atoms with Gasteiger partial charge in [0.25, 0.3) is 0 Å². The molecule has 0 aliphatic heterocycles. The highest BCUT2D eigenvalue weighted by Gasteiger charge is 2.04. The Morgan fingerprint density at radius 2 is 1.86 bits per heavy atom. The highest BCUT2D eigenvalue weighted by atomic mass is 35.5. The van der Waals surface area contributed by atoms with Gasteiger partial charge in [-0.2, -0.15) is 0 Å². The van der Waals surface area contributed by atoms with Crippen LogP contribution in [0.15, 0.2) is 36.5 Å². The molecule has 2 aromatic rings. The van der Waals surface area contributed by atoms with E-state index in [0.717, 1.165) is 5.56 Å². The molecule has 0 spiro atoms. The van der Waals surface area contributed by atoms with Crippen molar-refractivity contribution in [3.8, 4) is 17.1 Å². The Morgan fingerprint density at radius 1 is 1.14 bits per heavy atom. The zero-order valence-electron chi connectivity index (χ0n) is 7.18. The predicted molar refractivity (Wildman–Crippen MR) is 54.1 cm³/mol. The molecule has 0 aliphatic carbocycles. The van der Waals surface area contributed by atoms with Crippen molar-refractivity contribution in [2.45, 2.75) is 0 Å². The molecule has 0 unspecified atom stereocenters. The lowest BCUT2D eigenvalue weighted by Crippen LogP contribution is -1.88. The number of aromatic hydroxyl groups is 1. The molecular weight excluding hydrogens is 200 g/mol. The summed E-state index contributed by atoms with van der Waals surface area (Å²) >= 11 is 5.66. The van der Waals surface area contributed by atoms with Crippen LogP contribution in [0.1, 0.15) is 0 Å². The van der Waals surface area contributed by atoms with Gasteiger partial charge in [0.05, 0.1) is 6.20 Å². The molecule has 1 heterocycles. The van der Waals surface area contributed by atoms with Crippen molar-refractivity contribution in [1.29, 1.82) is 0 Å². The van der Waals surface area contributed by atoms with E-state index in [0.29, 0.717) is 5.82 Å². The van der Waals surface area contributed by atoms with Crippen LogP contribution >= 0.6 is 11.6 Å². The molecule has 1 aromatic heterocycles. The summed E-state index contributed by atoms with van der Waals surface area (Å²) in [7, 11) is 0. The molecule has 0 aliphatic rings. The Kier molecular flexibility index (Phi) is 2.33. The van der Waals surface area contributed by atoms with E-state index in [9.17, 15) is 0 Å². The molecular formula is C10H7ClN2O. The molecule has 0 amide bonds. The maximum absolute atomic E-state index is 9.13. The van der Waals surface area contributed by atoms with E-state index in [4.69, 9.17) is 16.7 Å². The summed E-state index contributed by atoms with van der Waals surface area (Å²) in [4.78, 5) is 7.91. The zero-order valence-corrected chi connectivity index (χ0v) is 7.94. The molecule has 0 radical (unpaired) electrons. The first kappa shape index (κ1) is 8.97. The lowest BCUT2D eigenvalue weighted by molar-refractivity contribution is 0.470. The zero-order chi connectivity index (χ0) is 9.97. The second kappa shape index (κ2) is 3.64. The van der Waals surface area contributed by atoms with Gasteiger partial charge in [-0.15, -0.1) is 0 Å². The molecule has 14 heavy (non-hydrogen) atoms. The van der Waals surface area contributed by atoms with Gasteiger partial charge in [-0.25, -0.2) is 9.97 Å². The number of benzene rings is 1. The van der Waals surface area contributed by atoms with Crippen molar-refractivity contribution in [3.63, 3.8) is 0 Å². The third kappa shape index (κ3) is 1.67. The van der Waals surface area contributed by atoms with Crippen LogP contribution in [0.2, 0.25) is 5.15 Å². The van der Waals surface area contributed by atoms with Crippen LogP contribution in [0.4, 0.5) is 0 Å². The number of rotatable bonds is 1. The molecule has 4 heteroatoms. The average Bonchev–Trinajstić information content (AvgIpc) is 2.23. The van der Waals surface area contributed by atoms with E-state index in [1.54, 1.807) is 0 Å². The Hall–Kier alpha value is -1.61. The number of aromatic nitrogens is 2. The van der Waals surface area contributed by atoms with E-state index in [2.05, 4.69) is 9.97 Å². The maximum atomic E-state index is 9.13. The largest absolute Gasteiger partial charge is 0.504 e. The van der Waals surface area contributed by atoms with Gasteiger partial charge in [0.2, 0.25) is 0 Å². The van der Waals surface area contributed by atoms with Crippen LogP contribution in [0.3, 0.4) is 0 Å². The third-order valence-electron chi connectivity index (χ3n) is 1.76. The minimum Gasteiger partial charge on any atom is -0.504 e. The maximum Gasteiger partial charge on any atom is 0.174 e. The number of halogens is 1. The van der Waals surface area contributed by atoms with Gasteiger partial charge < -0.3 is 5.11 Å². The van der Waals surface area contributed by atoms with Crippen LogP contribution in [0.25, 0.3) is 11.4 Å². The topological polar surface area (TPSA) is 46.0 Å². The van der Waals surface area contributed by atoms with Crippen molar-refractivity contribution < 1.29 is 5.11 Å². The first-order valence-electron chi connectivity index (χ1n) is 4.04. The highest BCUT2D eigenvalue weighted by molar-refractivity contribution is 6.30. The molecule has 2 rings (SSSR count). The fourth-order valence-corrected chi connectivity index (χ4v) is 1.21. The minimum atomic E-state index is -0.105. The van der Waals surface area contributed by atoms with E-state index in [1.807, 2.05) is 30.3 Å². The summed E-state index contributed by atoms with van der Waals surface area (Å²) in [6.07, 6.45) is 1.29. The Bertz CT molecular complexity index is 445. The third-order valence-corrected chi connectivity index (χ3v) is 2.03. The normalized spacial score (nSPS) is 10.1. The second-order valence-corrected chi connectivity index (χ2v) is 3.09. The summed E-state index contributed by atoms with van der Waals surface area (Å²) in [5, 5.41) is 9.20. The molecule has 0 saturated carbocycles. The lowest BCUT2D eigenvalue weighted by atomic mass is 10.2. The fraction of sp³-hybridized carbons (Fsp3) is 0. The first-order valence-corrected chi connectivity index (χ1v) is 4.42. The van der Waals surface area contributed by atoms with Gasteiger partial charge in [0, 0.05) is 5.56 Å². The summed E-state index contributed by atoms with van der Waals surface area (Å²) < 4.78 is 0. The van der Waals surface area contributed by atoms with Crippen LogP contribution in [0, 0.1) is 0 Å². The van der Waals surface area contributed by atoms with Crippen LogP contribution in [-0.4, -0.2) is 15.1 Å². The summed E-state index contributed by atoms with van der Waals surface area (Å²) in [5.41, 5.74) is 0.870. The number of nitrogens with zero attached hydrogens (tertiary/aromatic N) is 2. The fourth-order valence-electron chi connectivity index (χ4n) is 1.08. The van der Waals surface area contributed by atoms with Gasteiger partial charge in [0.15, 0.2) is 16.7 Å². The highest BCUT2D eigenvalue weighted by Crippen LogP contribution is 2.22. The van der Waals surface area contributed by atoms with Crippen molar-refractivity contribution in [3.05, 3.63) is 41.7 Å². The standard InChI is InChI=1S/C10H7ClN2O/c11-9-8(14)6-12-10(13-9)7-4-2-1-3-5-7/h1-6,14H. The Balaban J connectivity index is 2.48. The van der Waals surface area contributed by atoms with Gasteiger partial charge in [0.1, 0.15) is 0 Å². The van der Waals surface area contributed by atoms with Crippen molar-refractivity contribution in [2.24, 2.45) is 0 Å². The second-order valence-electron chi connectivity index (χ2n) is 2.74. The minimum absolute atomic E-state index is 0.0684. The molecule has 70 valence electrons. The van der Waals surface area contributed by atoms with E-state index in [-0.39, 0.29) is 10.9 Å². The average molecular weight is 207 g/mol. The van der Waals surface area contributed by atoms with Crippen molar-refractivity contribution in [2.75, 3.05) is 0 Å². The van der Waals surface area contributed by atoms with Crippen LogP contribution in [0.5, 0.6) is 5.75 Å². The van der Waals surface area contributed by atoms with E-state index < -0.39 is 0 Å². The molecule has 1 N–H and O–H groups in total. The smallest absolute Gasteiger partial charge is 0.174 e. The monoisotopic (exact) mass is 206 g/mol. The molecule has 0 atom stereocenters. The quantitative estimate of drug-likeness (QED) is 0.730. The van der Waals surface area contributed by atoms with Crippen molar-refractivity contribution in [1.82, 2.24) is 9.97 Å². The van der Waals surface area contributed by atoms with Crippen LogP contribution < -0.4 is 0 Å². The number of hydrogen-bond donors (Lipinski definition) is 1. The van der Waals surface area contributed by atoms with Crippen LogP contribution in [-0.2, 0) is 0 Å². The molecule has 3 nitrogen and oxygen atoms in total. The van der Waals surface area contributed by atoms with E-state index >= 15 is 0 Å². The summed E-state index contributed by atoms with van der Waals surface area (Å²) in [6, 6.07) is 9.44. The molecule has 0 bridgehead atoms. The molecule has 0 saturated heterocycles. The van der Waals surface area contributed by atoms with Gasteiger partial charge in [-0.3, -0.25) is 0 Å².